The molecule has 5 atom stereocenters. The Labute approximate surface area is 141 Å². The van der Waals surface area contributed by atoms with Crippen molar-refractivity contribution < 1.29 is 44.3 Å². The second kappa shape index (κ2) is 7.07. The van der Waals surface area contributed by atoms with E-state index in [1.54, 1.807) is 0 Å². The second-order valence-corrected chi connectivity index (χ2v) is 5.60. The molecule has 2 heterocycles. The minimum absolute atomic E-state index is 0.0521. The summed E-state index contributed by atoms with van der Waals surface area (Å²) in [5.41, 5.74) is -0.125. The molecule has 1 saturated heterocycles. The first kappa shape index (κ1) is 17.8. The lowest BCUT2D eigenvalue weighted by Gasteiger charge is -2.39. The minimum atomic E-state index is -1.59. The van der Waals surface area contributed by atoms with Gasteiger partial charge in [0.25, 0.3) is 5.69 Å². The molecule has 3 rings (SSSR count). The van der Waals surface area contributed by atoms with Crippen LogP contribution in [0.25, 0.3) is 0 Å². The fraction of sp³-hybridized carbons (Fsp3) is 0.571. The molecule has 2 aliphatic rings. The van der Waals surface area contributed by atoms with E-state index in [2.05, 4.69) is 0 Å². The van der Waals surface area contributed by atoms with E-state index in [0.717, 1.165) is 0 Å². The molecule has 25 heavy (non-hydrogen) atoms. The second-order valence-electron chi connectivity index (χ2n) is 5.60. The molecule has 0 amide bonds. The molecule has 2 aliphatic heterocycles. The van der Waals surface area contributed by atoms with Crippen LogP contribution in [0.1, 0.15) is 5.56 Å². The average molecular weight is 359 g/mol. The molecule has 1 aromatic carbocycles. The molecule has 0 radical (unpaired) electrons. The van der Waals surface area contributed by atoms with Crippen LogP contribution in [0.15, 0.2) is 12.1 Å². The number of nitro groups is 1. The summed E-state index contributed by atoms with van der Waals surface area (Å²) < 4.78 is 20.8. The molecule has 0 aromatic heterocycles. The SMILES string of the molecule is O=[N+]([O-])c1cc2c(cc1CO[C@@H]1O[C@H](CO)[C@@H](O)[C@H](O)[C@H]1O)OCO2. The number of fused-ring (bicyclic) bond motifs is 1. The van der Waals surface area contributed by atoms with E-state index in [4.69, 9.17) is 24.1 Å². The fourth-order valence-electron chi connectivity index (χ4n) is 2.64. The lowest BCUT2D eigenvalue weighted by atomic mass is 9.99. The summed E-state index contributed by atoms with van der Waals surface area (Å²) in [7, 11) is 0. The molecule has 11 nitrogen and oxygen atoms in total. The van der Waals surface area contributed by atoms with Crippen LogP contribution in [0.3, 0.4) is 0 Å². The zero-order valence-electron chi connectivity index (χ0n) is 12.8. The molecule has 138 valence electrons. The van der Waals surface area contributed by atoms with Crippen LogP contribution >= 0.6 is 0 Å². The van der Waals surface area contributed by atoms with Gasteiger partial charge in [-0.1, -0.05) is 0 Å². The van der Waals surface area contributed by atoms with Gasteiger partial charge in [-0.05, 0) is 6.07 Å². The van der Waals surface area contributed by atoms with E-state index in [1.165, 1.54) is 12.1 Å². The van der Waals surface area contributed by atoms with Crippen molar-refractivity contribution in [3.8, 4) is 11.5 Å². The van der Waals surface area contributed by atoms with Gasteiger partial charge >= 0.3 is 0 Å². The molecule has 0 aliphatic carbocycles. The van der Waals surface area contributed by atoms with Crippen molar-refractivity contribution >= 4 is 5.69 Å². The molecule has 0 bridgehead atoms. The van der Waals surface area contributed by atoms with Crippen molar-refractivity contribution in [1.82, 2.24) is 0 Å². The topological polar surface area (TPSA) is 161 Å². The highest BCUT2D eigenvalue weighted by Crippen LogP contribution is 2.38. The van der Waals surface area contributed by atoms with Crippen molar-refractivity contribution in [2.75, 3.05) is 13.4 Å². The minimum Gasteiger partial charge on any atom is -0.454 e. The highest BCUT2D eigenvalue weighted by Gasteiger charge is 2.44. The number of nitrogens with zero attached hydrogens (tertiary/aromatic N) is 1. The predicted octanol–water partition coefficient (Wildman–Crippen LogP) is -1.36. The van der Waals surface area contributed by atoms with Gasteiger partial charge < -0.3 is 39.4 Å². The van der Waals surface area contributed by atoms with Crippen LogP contribution in [0.4, 0.5) is 5.69 Å². The Morgan fingerprint density at radius 3 is 2.48 bits per heavy atom. The van der Waals surface area contributed by atoms with Gasteiger partial charge in [-0.25, -0.2) is 0 Å². The van der Waals surface area contributed by atoms with Gasteiger partial charge in [0, 0.05) is 0 Å². The third kappa shape index (κ3) is 3.38. The fourth-order valence-corrected chi connectivity index (χ4v) is 2.64. The molecule has 0 spiro atoms. The normalized spacial score (nSPS) is 31.1. The van der Waals surface area contributed by atoms with Crippen LogP contribution < -0.4 is 9.47 Å². The zero-order chi connectivity index (χ0) is 18.1. The van der Waals surface area contributed by atoms with E-state index in [9.17, 15) is 25.4 Å². The van der Waals surface area contributed by atoms with Crippen molar-refractivity contribution in [3.63, 3.8) is 0 Å². The third-order valence-electron chi connectivity index (χ3n) is 4.02. The van der Waals surface area contributed by atoms with E-state index < -0.39 is 42.2 Å². The van der Waals surface area contributed by atoms with Crippen LogP contribution in [0, 0.1) is 10.1 Å². The van der Waals surface area contributed by atoms with Gasteiger partial charge in [0.1, 0.15) is 24.4 Å². The third-order valence-corrected chi connectivity index (χ3v) is 4.02. The molecule has 11 heteroatoms. The summed E-state index contributed by atoms with van der Waals surface area (Å²) in [5, 5.41) is 49.7. The quantitative estimate of drug-likeness (QED) is 0.365. The Morgan fingerprint density at radius 2 is 1.84 bits per heavy atom. The smallest absolute Gasteiger partial charge is 0.278 e. The zero-order valence-corrected chi connectivity index (χ0v) is 12.8. The van der Waals surface area contributed by atoms with Gasteiger partial charge in [-0.2, -0.15) is 0 Å². The van der Waals surface area contributed by atoms with Crippen molar-refractivity contribution in [2.45, 2.75) is 37.3 Å². The first-order valence-corrected chi connectivity index (χ1v) is 7.41. The summed E-state index contributed by atoms with van der Waals surface area (Å²) in [6.45, 7) is -0.992. The summed E-state index contributed by atoms with van der Waals surface area (Å²) in [6, 6.07) is 2.58. The maximum absolute atomic E-state index is 11.2. The molecule has 0 saturated carbocycles. The largest absolute Gasteiger partial charge is 0.454 e. The Hall–Kier alpha value is -2.02. The van der Waals surface area contributed by atoms with Gasteiger partial charge in [0.15, 0.2) is 17.8 Å². The number of hydrogen-bond acceptors (Lipinski definition) is 10. The number of rotatable bonds is 5. The molecule has 1 fully saturated rings. The number of aliphatic hydroxyl groups excluding tert-OH is 4. The van der Waals surface area contributed by atoms with E-state index >= 15 is 0 Å². The van der Waals surface area contributed by atoms with E-state index in [-0.39, 0.29) is 30.4 Å². The maximum Gasteiger partial charge on any atom is 0.278 e. The monoisotopic (exact) mass is 359 g/mol. The first-order chi connectivity index (χ1) is 11.9. The van der Waals surface area contributed by atoms with Crippen LogP contribution in [0.5, 0.6) is 11.5 Å². The Balaban J connectivity index is 1.76. The predicted molar refractivity (Wildman–Crippen MR) is 77.8 cm³/mol. The lowest BCUT2D eigenvalue weighted by molar-refractivity contribution is -0.386. The van der Waals surface area contributed by atoms with Gasteiger partial charge in [0.2, 0.25) is 6.79 Å². The number of nitro benzene ring substituents is 1. The number of benzene rings is 1. The molecule has 0 unspecified atom stereocenters. The summed E-state index contributed by atoms with van der Waals surface area (Å²) in [4.78, 5) is 10.6. The Morgan fingerprint density at radius 1 is 1.16 bits per heavy atom. The van der Waals surface area contributed by atoms with Gasteiger partial charge in [-0.15, -0.1) is 0 Å². The number of aliphatic hydroxyl groups is 4. The summed E-state index contributed by atoms with van der Waals surface area (Å²) in [6.07, 6.45) is -7.22. The molecule has 1 aromatic rings. The van der Waals surface area contributed by atoms with E-state index in [1.807, 2.05) is 0 Å². The summed E-state index contributed by atoms with van der Waals surface area (Å²) in [5.74, 6) is 0.557. The van der Waals surface area contributed by atoms with Gasteiger partial charge in [-0.3, -0.25) is 10.1 Å². The lowest BCUT2D eigenvalue weighted by Crippen LogP contribution is -2.59. The van der Waals surface area contributed by atoms with Crippen LogP contribution in [-0.2, 0) is 16.1 Å². The number of hydrogen-bond donors (Lipinski definition) is 4. The standard InChI is InChI=1S/C14H17NO10/c16-3-10-11(17)12(18)13(19)14(25-10)22-4-6-1-8-9(24-5-23-8)2-7(6)15(20)21/h1-2,10-14,16-19H,3-5H2/t10-,11-,12+,13-,14-/m1/s1. The van der Waals surface area contributed by atoms with Crippen LogP contribution in [-0.4, -0.2) is 69.5 Å². The first-order valence-electron chi connectivity index (χ1n) is 7.41. The highest BCUT2D eigenvalue weighted by molar-refractivity contribution is 5.55. The van der Waals surface area contributed by atoms with Gasteiger partial charge in [0.05, 0.1) is 29.8 Å². The maximum atomic E-state index is 11.2. The van der Waals surface area contributed by atoms with Crippen LogP contribution in [0.2, 0.25) is 0 Å². The molecular weight excluding hydrogens is 342 g/mol. The summed E-state index contributed by atoms with van der Waals surface area (Å²) >= 11 is 0. The van der Waals surface area contributed by atoms with E-state index in [0.29, 0.717) is 5.75 Å². The van der Waals surface area contributed by atoms with Crippen molar-refractivity contribution in [3.05, 3.63) is 27.8 Å². The highest BCUT2D eigenvalue weighted by atomic mass is 16.7. The number of ether oxygens (including phenoxy) is 4. The van der Waals surface area contributed by atoms with Crippen molar-refractivity contribution in [1.29, 1.82) is 0 Å². The van der Waals surface area contributed by atoms with Crippen molar-refractivity contribution in [2.24, 2.45) is 0 Å². The Bertz CT molecular complexity index is 651. The molecule has 4 N–H and O–H groups in total. The Kier molecular flexibility index (Phi) is 5.03. The average Bonchev–Trinajstić information content (AvgIpc) is 3.05. The molecular formula is C14H17NO10.